The van der Waals surface area contributed by atoms with E-state index in [1.54, 1.807) is 0 Å². The quantitative estimate of drug-likeness (QED) is 0.171. The molecule has 1 heteroatoms. The van der Waals surface area contributed by atoms with Gasteiger partial charge in [0.1, 0.15) is 0 Å². The van der Waals surface area contributed by atoms with Gasteiger partial charge in [0.25, 0.3) is 0 Å². The molecule has 0 amide bonds. The first kappa shape index (κ1) is 30.9. The average Bonchev–Trinajstić information content (AvgIpc) is 3.57. The molecule has 0 saturated carbocycles. The van der Waals surface area contributed by atoms with E-state index in [0.717, 1.165) is 28.1 Å². The van der Waals surface area contributed by atoms with Gasteiger partial charge in [-0.05, 0) is 84.6 Å². The van der Waals surface area contributed by atoms with Crippen molar-refractivity contribution in [1.29, 1.82) is 0 Å². The first-order valence-electron chi connectivity index (χ1n) is 18.3. The van der Waals surface area contributed by atoms with Crippen molar-refractivity contribution in [2.45, 2.75) is 5.41 Å². The molecular formula is C52H35N. The van der Waals surface area contributed by atoms with Crippen LogP contribution in [0.3, 0.4) is 0 Å². The highest BCUT2D eigenvalue weighted by Gasteiger charge is 2.48. The molecule has 1 nitrogen and oxygen atoms in total. The molecular weight excluding hydrogens is 639 g/mol. The molecule has 248 valence electrons. The molecule has 0 unspecified atom stereocenters. The first-order valence-corrected chi connectivity index (χ1v) is 18.3. The number of nitrogens with zero attached hydrogens (tertiary/aromatic N) is 1. The summed E-state index contributed by atoms with van der Waals surface area (Å²) in [5.74, 6) is 0. The SMILES string of the molecule is c1ccc(-c2ccc(-c3cc(-c4cc5ccccc5c5c4-c4ccccc4C5(c4ccccc4)c4ccccc4)cc(-c4ccccc4)n3)cc2)cc1. The monoisotopic (exact) mass is 673 g/mol. The Kier molecular flexibility index (Phi) is 7.44. The minimum Gasteiger partial charge on any atom is -0.248 e. The number of pyridine rings is 1. The van der Waals surface area contributed by atoms with Gasteiger partial charge in [0.05, 0.1) is 16.8 Å². The van der Waals surface area contributed by atoms with E-state index in [4.69, 9.17) is 4.98 Å². The van der Waals surface area contributed by atoms with Gasteiger partial charge in [0.2, 0.25) is 0 Å². The summed E-state index contributed by atoms with van der Waals surface area (Å²) in [4.78, 5) is 5.33. The lowest BCUT2D eigenvalue weighted by molar-refractivity contribution is 0.775. The summed E-state index contributed by atoms with van der Waals surface area (Å²) in [6.07, 6.45) is 0. The van der Waals surface area contributed by atoms with E-state index in [1.165, 1.54) is 60.8 Å². The third-order valence-electron chi connectivity index (χ3n) is 10.9. The van der Waals surface area contributed by atoms with Crippen LogP contribution in [-0.4, -0.2) is 4.98 Å². The van der Waals surface area contributed by atoms with Crippen LogP contribution < -0.4 is 0 Å². The Morgan fingerprint density at radius 2 is 0.811 bits per heavy atom. The summed E-state index contributed by atoms with van der Waals surface area (Å²) in [6, 6.07) is 77.1. The largest absolute Gasteiger partial charge is 0.248 e. The Morgan fingerprint density at radius 3 is 1.45 bits per heavy atom. The third kappa shape index (κ3) is 5.05. The van der Waals surface area contributed by atoms with Crippen molar-refractivity contribution >= 4 is 10.8 Å². The van der Waals surface area contributed by atoms with E-state index in [0.29, 0.717) is 0 Å². The van der Waals surface area contributed by atoms with Gasteiger partial charge in [-0.1, -0.05) is 194 Å². The molecule has 0 aliphatic heterocycles. The van der Waals surface area contributed by atoms with Gasteiger partial charge in [-0.15, -0.1) is 0 Å². The van der Waals surface area contributed by atoms with Crippen LogP contribution in [0, 0.1) is 0 Å². The minimum atomic E-state index is -0.518. The highest BCUT2D eigenvalue weighted by molar-refractivity contribution is 6.07. The van der Waals surface area contributed by atoms with E-state index in [9.17, 15) is 0 Å². The molecule has 0 atom stereocenters. The fraction of sp³-hybridized carbons (Fsp3) is 0.0192. The molecule has 0 fully saturated rings. The number of hydrogen-bond acceptors (Lipinski definition) is 1. The van der Waals surface area contributed by atoms with Crippen molar-refractivity contribution in [3.8, 4) is 55.9 Å². The van der Waals surface area contributed by atoms with Crippen molar-refractivity contribution in [2.24, 2.45) is 0 Å². The van der Waals surface area contributed by atoms with Gasteiger partial charge in [-0.3, -0.25) is 0 Å². The zero-order chi connectivity index (χ0) is 35.2. The molecule has 0 radical (unpaired) electrons. The number of aromatic nitrogens is 1. The van der Waals surface area contributed by atoms with Crippen LogP contribution in [0.25, 0.3) is 66.7 Å². The lowest BCUT2D eigenvalue weighted by Gasteiger charge is -2.35. The molecule has 1 heterocycles. The van der Waals surface area contributed by atoms with Crippen molar-refractivity contribution in [3.63, 3.8) is 0 Å². The van der Waals surface area contributed by atoms with Gasteiger partial charge in [0.15, 0.2) is 0 Å². The summed E-state index contributed by atoms with van der Waals surface area (Å²) in [6.45, 7) is 0. The zero-order valence-corrected chi connectivity index (χ0v) is 29.2. The van der Waals surface area contributed by atoms with Crippen LogP contribution >= 0.6 is 0 Å². The van der Waals surface area contributed by atoms with E-state index in [-0.39, 0.29) is 0 Å². The van der Waals surface area contributed by atoms with Crippen molar-refractivity contribution < 1.29 is 0 Å². The highest BCUT2D eigenvalue weighted by Crippen LogP contribution is 2.60. The molecule has 53 heavy (non-hydrogen) atoms. The summed E-state index contributed by atoms with van der Waals surface area (Å²) in [7, 11) is 0. The Labute approximate surface area is 310 Å². The van der Waals surface area contributed by atoms with Crippen LogP contribution in [0.5, 0.6) is 0 Å². The fourth-order valence-corrected chi connectivity index (χ4v) is 8.60. The summed E-state index contributed by atoms with van der Waals surface area (Å²) in [5, 5.41) is 2.49. The van der Waals surface area contributed by atoms with Gasteiger partial charge >= 0.3 is 0 Å². The maximum absolute atomic E-state index is 5.33. The molecule has 0 bridgehead atoms. The Morgan fingerprint density at radius 1 is 0.340 bits per heavy atom. The average molecular weight is 674 g/mol. The molecule has 8 aromatic carbocycles. The molecule has 10 rings (SSSR count). The van der Waals surface area contributed by atoms with E-state index >= 15 is 0 Å². The lowest BCUT2D eigenvalue weighted by Crippen LogP contribution is -2.28. The number of benzene rings is 8. The lowest BCUT2D eigenvalue weighted by atomic mass is 9.66. The Balaban J connectivity index is 1.29. The summed E-state index contributed by atoms with van der Waals surface area (Å²) < 4.78 is 0. The number of rotatable bonds is 6. The van der Waals surface area contributed by atoms with Crippen molar-refractivity contribution in [1.82, 2.24) is 4.98 Å². The number of fused-ring (bicyclic) bond motifs is 5. The molecule has 9 aromatic rings. The molecule has 1 aliphatic carbocycles. The fourth-order valence-electron chi connectivity index (χ4n) is 8.60. The van der Waals surface area contributed by atoms with E-state index in [2.05, 4.69) is 212 Å². The zero-order valence-electron chi connectivity index (χ0n) is 29.2. The first-order chi connectivity index (χ1) is 26.3. The van der Waals surface area contributed by atoms with Gasteiger partial charge < -0.3 is 0 Å². The molecule has 0 saturated heterocycles. The molecule has 1 aliphatic rings. The molecule has 0 spiro atoms. The maximum atomic E-state index is 5.33. The highest BCUT2D eigenvalue weighted by atomic mass is 14.7. The molecule has 0 N–H and O–H groups in total. The Hall–Kier alpha value is -6.83. The maximum Gasteiger partial charge on any atom is 0.0719 e. The van der Waals surface area contributed by atoms with Crippen LogP contribution in [0.15, 0.2) is 212 Å². The van der Waals surface area contributed by atoms with Gasteiger partial charge in [0, 0.05) is 11.1 Å². The van der Waals surface area contributed by atoms with Crippen molar-refractivity contribution in [2.75, 3.05) is 0 Å². The standard InChI is InChI=1S/C52H35N/c1-5-17-36(18-6-1)37-29-31-39(32-30-37)49-35-41(34-48(53-49)38-19-7-2-8-20-38)46-33-40-21-13-14-26-44(40)51-50(46)45-27-15-16-28-47(45)52(51,42-22-9-3-10-23-42)43-24-11-4-12-25-43/h1-35H. The van der Waals surface area contributed by atoms with Crippen LogP contribution in [0.2, 0.25) is 0 Å². The second kappa shape index (κ2) is 12.7. The van der Waals surface area contributed by atoms with Gasteiger partial charge in [-0.25, -0.2) is 4.98 Å². The predicted octanol–water partition coefficient (Wildman–Crippen LogP) is 13.3. The van der Waals surface area contributed by atoms with E-state index < -0.39 is 5.41 Å². The van der Waals surface area contributed by atoms with Gasteiger partial charge in [-0.2, -0.15) is 0 Å². The van der Waals surface area contributed by atoms with Crippen molar-refractivity contribution in [3.05, 3.63) is 235 Å². The third-order valence-corrected chi connectivity index (χ3v) is 10.9. The van der Waals surface area contributed by atoms with Crippen LogP contribution in [-0.2, 0) is 5.41 Å². The normalized spacial score (nSPS) is 12.7. The Bertz CT molecular complexity index is 2690. The second-order valence-electron chi connectivity index (χ2n) is 13.9. The number of hydrogen-bond donors (Lipinski definition) is 0. The summed E-state index contributed by atoms with van der Waals surface area (Å²) in [5.41, 5.74) is 16.0. The minimum absolute atomic E-state index is 0.518. The second-order valence-corrected chi connectivity index (χ2v) is 13.9. The predicted molar refractivity (Wildman–Crippen MR) is 221 cm³/mol. The van der Waals surface area contributed by atoms with Crippen LogP contribution in [0.1, 0.15) is 22.3 Å². The smallest absolute Gasteiger partial charge is 0.0719 e. The van der Waals surface area contributed by atoms with E-state index in [1.807, 2.05) is 0 Å². The summed E-state index contributed by atoms with van der Waals surface area (Å²) >= 11 is 0. The molecule has 1 aromatic heterocycles. The topological polar surface area (TPSA) is 12.9 Å². The van der Waals surface area contributed by atoms with Crippen LogP contribution in [0.4, 0.5) is 0 Å².